The Kier molecular flexibility index (Phi) is 2.63. The summed E-state index contributed by atoms with van der Waals surface area (Å²) in [5, 5.41) is 9.00. The van der Waals surface area contributed by atoms with E-state index in [4.69, 9.17) is 4.74 Å². The van der Waals surface area contributed by atoms with Gasteiger partial charge in [0.1, 0.15) is 5.75 Å². The highest BCUT2D eigenvalue weighted by Crippen LogP contribution is 2.46. The molecule has 5 heteroatoms. The number of aromatic nitrogens is 2. The summed E-state index contributed by atoms with van der Waals surface area (Å²) in [6.45, 7) is 4.18. The van der Waals surface area contributed by atoms with Crippen molar-refractivity contribution in [2.24, 2.45) is 12.5 Å². The summed E-state index contributed by atoms with van der Waals surface area (Å²) in [5.41, 5.74) is 1.39. The molecule has 1 aliphatic heterocycles. The predicted octanol–water partition coefficient (Wildman–Crippen LogP) is 1.37. The van der Waals surface area contributed by atoms with E-state index in [-0.39, 0.29) is 11.7 Å². The monoisotopic (exact) mass is 285 g/mol. The fraction of sp³-hybridized carbons (Fsp3) is 0.500. The van der Waals surface area contributed by atoms with Crippen molar-refractivity contribution in [3.63, 3.8) is 0 Å². The fourth-order valence-electron chi connectivity index (χ4n) is 3.52. The van der Waals surface area contributed by atoms with Gasteiger partial charge in [-0.2, -0.15) is 5.10 Å². The van der Waals surface area contributed by atoms with E-state index in [1.165, 1.54) is 4.68 Å². The molecule has 21 heavy (non-hydrogen) atoms. The maximum atomic E-state index is 12.3. The van der Waals surface area contributed by atoms with Gasteiger partial charge in [-0.1, -0.05) is 6.07 Å². The van der Waals surface area contributed by atoms with Gasteiger partial charge < -0.3 is 10.1 Å². The van der Waals surface area contributed by atoms with E-state index in [1.54, 1.807) is 13.2 Å². The molecule has 0 atom stereocenters. The maximum absolute atomic E-state index is 12.3. The molecule has 2 fully saturated rings. The number of ether oxygens (including phenoxy) is 1. The third-order valence-corrected chi connectivity index (χ3v) is 4.90. The van der Waals surface area contributed by atoms with Gasteiger partial charge in [-0.15, -0.1) is 0 Å². The molecule has 2 heterocycles. The Labute approximate surface area is 122 Å². The van der Waals surface area contributed by atoms with Crippen LogP contribution in [0.15, 0.2) is 23.1 Å². The molecule has 1 saturated heterocycles. The molecule has 110 valence electrons. The highest BCUT2D eigenvalue weighted by molar-refractivity contribution is 5.89. The molecule has 0 radical (unpaired) electrons. The smallest absolute Gasteiger partial charge is 0.274 e. The van der Waals surface area contributed by atoms with Gasteiger partial charge in [0.15, 0.2) is 0 Å². The largest absolute Gasteiger partial charge is 0.490 e. The van der Waals surface area contributed by atoms with Crippen molar-refractivity contribution in [3.8, 4) is 5.75 Å². The van der Waals surface area contributed by atoms with Gasteiger partial charge in [0.05, 0.1) is 17.7 Å². The van der Waals surface area contributed by atoms with Crippen LogP contribution in [0.25, 0.3) is 10.8 Å². The average Bonchev–Trinajstić information content (AvgIpc) is 2.37. The quantitative estimate of drug-likeness (QED) is 0.905. The Morgan fingerprint density at radius 2 is 2.14 bits per heavy atom. The van der Waals surface area contributed by atoms with Crippen molar-refractivity contribution in [1.82, 2.24) is 15.1 Å². The SMILES string of the molecule is Cc1ccc(OC2CC3(CNC3)C2)c2cnn(C)c(=O)c12. The zero-order valence-electron chi connectivity index (χ0n) is 12.3. The lowest BCUT2D eigenvalue weighted by Gasteiger charge is -2.53. The van der Waals surface area contributed by atoms with Crippen LogP contribution in [-0.2, 0) is 7.05 Å². The van der Waals surface area contributed by atoms with E-state index >= 15 is 0 Å². The first-order valence-electron chi connectivity index (χ1n) is 7.41. The van der Waals surface area contributed by atoms with Crippen LogP contribution >= 0.6 is 0 Å². The fourth-order valence-corrected chi connectivity index (χ4v) is 3.52. The molecule has 1 aromatic carbocycles. The summed E-state index contributed by atoms with van der Waals surface area (Å²) in [6, 6.07) is 3.92. The van der Waals surface area contributed by atoms with Gasteiger partial charge >= 0.3 is 0 Å². The highest BCUT2D eigenvalue weighted by atomic mass is 16.5. The van der Waals surface area contributed by atoms with Crippen LogP contribution < -0.4 is 15.6 Å². The van der Waals surface area contributed by atoms with Crippen LogP contribution in [0.3, 0.4) is 0 Å². The molecular weight excluding hydrogens is 266 g/mol. The van der Waals surface area contributed by atoms with Crippen molar-refractivity contribution in [2.75, 3.05) is 13.1 Å². The van der Waals surface area contributed by atoms with Gasteiger partial charge in [-0.25, -0.2) is 4.68 Å². The van der Waals surface area contributed by atoms with Crippen molar-refractivity contribution < 1.29 is 4.74 Å². The first-order valence-corrected chi connectivity index (χ1v) is 7.41. The summed E-state index contributed by atoms with van der Waals surface area (Å²) in [7, 11) is 1.67. The number of aryl methyl sites for hydroxylation is 2. The van der Waals surface area contributed by atoms with Gasteiger partial charge in [-0.05, 0) is 31.4 Å². The number of fused-ring (bicyclic) bond motifs is 1. The van der Waals surface area contributed by atoms with Crippen LogP contribution in [0, 0.1) is 12.3 Å². The van der Waals surface area contributed by atoms with Crippen molar-refractivity contribution in [2.45, 2.75) is 25.9 Å². The van der Waals surface area contributed by atoms with Gasteiger partial charge in [0.2, 0.25) is 0 Å². The normalized spacial score (nSPS) is 20.3. The van der Waals surface area contributed by atoms with E-state index in [2.05, 4.69) is 10.4 Å². The number of nitrogens with zero attached hydrogens (tertiary/aromatic N) is 2. The molecule has 0 amide bonds. The minimum absolute atomic E-state index is 0.0660. The third kappa shape index (κ3) is 1.87. The van der Waals surface area contributed by atoms with Crippen LogP contribution in [0.2, 0.25) is 0 Å². The first-order chi connectivity index (χ1) is 10.1. The van der Waals surface area contributed by atoms with Gasteiger partial charge in [-0.3, -0.25) is 4.79 Å². The highest BCUT2D eigenvalue weighted by Gasteiger charge is 2.49. The summed E-state index contributed by atoms with van der Waals surface area (Å²) >= 11 is 0. The van der Waals surface area contributed by atoms with E-state index in [0.29, 0.717) is 10.8 Å². The zero-order chi connectivity index (χ0) is 14.6. The Morgan fingerprint density at radius 3 is 2.81 bits per heavy atom. The minimum atomic E-state index is -0.0660. The number of hydrogen-bond donors (Lipinski definition) is 1. The maximum Gasteiger partial charge on any atom is 0.274 e. The van der Waals surface area contributed by atoms with Gasteiger partial charge in [0.25, 0.3) is 5.56 Å². The van der Waals surface area contributed by atoms with Crippen molar-refractivity contribution in [3.05, 3.63) is 34.2 Å². The first kappa shape index (κ1) is 12.8. The second-order valence-electron chi connectivity index (χ2n) is 6.49. The lowest BCUT2D eigenvalue weighted by molar-refractivity contribution is -0.0489. The standard InChI is InChI=1S/C16H19N3O2/c1-10-3-4-13(12-7-18-19(2)15(20)14(10)12)21-11-5-16(6-11)8-17-9-16/h3-4,7,11,17H,5-6,8-9H2,1-2H3. The Morgan fingerprint density at radius 1 is 1.38 bits per heavy atom. The van der Waals surface area contributed by atoms with E-state index in [1.807, 2.05) is 19.1 Å². The molecule has 1 aliphatic carbocycles. The van der Waals surface area contributed by atoms with Crippen LogP contribution in [-0.4, -0.2) is 29.0 Å². The lowest BCUT2D eigenvalue weighted by atomic mass is 9.63. The molecule has 5 nitrogen and oxygen atoms in total. The predicted molar refractivity (Wildman–Crippen MR) is 80.7 cm³/mol. The molecule has 2 aromatic rings. The summed E-state index contributed by atoms with van der Waals surface area (Å²) in [5.74, 6) is 0.785. The van der Waals surface area contributed by atoms with E-state index in [0.717, 1.165) is 42.6 Å². The zero-order valence-corrected chi connectivity index (χ0v) is 12.3. The van der Waals surface area contributed by atoms with Crippen LogP contribution in [0.5, 0.6) is 5.75 Å². The van der Waals surface area contributed by atoms with Crippen LogP contribution in [0.4, 0.5) is 0 Å². The number of hydrogen-bond acceptors (Lipinski definition) is 4. The summed E-state index contributed by atoms with van der Waals surface area (Å²) in [4.78, 5) is 12.3. The number of benzene rings is 1. The molecule has 1 saturated carbocycles. The molecule has 0 unspecified atom stereocenters. The second-order valence-corrected chi connectivity index (χ2v) is 6.49. The molecule has 1 aromatic heterocycles. The average molecular weight is 285 g/mol. The summed E-state index contributed by atoms with van der Waals surface area (Å²) in [6.07, 6.45) is 4.21. The minimum Gasteiger partial charge on any atom is -0.490 e. The van der Waals surface area contributed by atoms with Gasteiger partial charge in [0, 0.05) is 30.9 Å². The summed E-state index contributed by atoms with van der Waals surface area (Å²) < 4.78 is 7.50. The third-order valence-electron chi connectivity index (χ3n) is 4.90. The van der Waals surface area contributed by atoms with E-state index < -0.39 is 0 Å². The van der Waals surface area contributed by atoms with Crippen molar-refractivity contribution in [1.29, 1.82) is 0 Å². The second kappa shape index (κ2) is 4.31. The molecule has 4 rings (SSSR count). The van der Waals surface area contributed by atoms with Crippen LogP contribution in [0.1, 0.15) is 18.4 Å². The van der Waals surface area contributed by atoms with E-state index in [9.17, 15) is 4.79 Å². The molecular formula is C16H19N3O2. The number of nitrogens with one attached hydrogen (secondary N) is 1. The van der Waals surface area contributed by atoms with Crippen molar-refractivity contribution >= 4 is 10.8 Å². The molecule has 1 N–H and O–H groups in total. The topological polar surface area (TPSA) is 56.1 Å². The Balaban J connectivity index is 1.68. The molecule has 0 bridgehead atoms. The molecule has 1 spiro atoms. The Bertz CT molecular complexity index is 769. The molecule has 2 aliphatic rings. The Hall–Kier alpha value is -1.88. The number of rotatable bonds is 2. The lowest BCUT2D eigenvalue weighted by Crippen LogP contribution is -2.62.